The number of hydrogen-bond acceptors (Lipinski definition) is 8. The van der Waals surface area contributed by atoms with Crippen LogP contribution in [0.15, 0.2) is 11.3 Å². The van der Waals surface area contributed by atoms with Crippen molar-refractivity contribution < 1.29 is 23.9 Å². The fourth-order valence-electron chi connectivity index (χ4n) is 2.42. The van der Waals surface area contributed by atoms with E-state index in [0.717, 1.165) is 0 Å². The number of nitrogens with zero attached hydrogens (tertiary/aromatic N) is 4. The Bertz CT molecular complexity index is 840. The van der Waals surface area contributed by atoms with Crippen LogP contribution in [0.3, 0.4) is 0 Å². The number of alkyl carbamates (subject to hydrolysis) is 1. The Hall–Kier alpha value is -3.68. The molecular formula is C18H31N9O5. The van der Waals surface area contributed by atoms with Crippen LogP contribution in [-0.2, 0) is 20.9 Å². The zero-order chi connectivity index (χ0) is 24.3. The molecule has 14 nitrogen and oxygen atoms in total. The van der Waals surface area contributed by atoms with Gasteiger partial charge in [0.1, 0.15) is 17.8 Å². The number of aliphatic imine (C=N–C) groups is 1. The molecule has 1 rings (SSSR count). The van der Waals surface area contributed by atoms with E-state index in [4.69, 9.17) is 21.9 Å². The third kappa shape index (κ3) is 9.42. The molecule has 0 atom stereocenters. The smallest absolute Gasteiger partial charge is 0.407 e. The van der Waals surface area contributed by atoms with Crippen molar-refractivity contribution >= 4 is 36.0 Å². The second-order valence-corrected chi connectivity index (χ2v) is 7.62. The molecule has 0 aromatic carbocycles. The highest BCUT2D eigenvalue weighted by atomic mass is 16.6. The van der Waals surface area contributed by atoms with Gasteiger partial charge in [0.2, 0.25) is 11.8 Å². The van der Waals surface area contributed by atoms with E-state index in [2.05, 4.69) is 20.6 Å². The van der Waals surface area contributed by atoms with Gasteiger partial charge in [-0.25, -0.2) is 9.78 Å². The molecule has 0 aliphatic rings. The van der Waals surface area contributed by atoms with E-state index in [0.29, 0.717) is 6.29 Å². The number of aromatic nitrogens is 2. The van der Waals surface area contributed by atoms with Gasteiger partial charge in [0.05, 0.1) is 12.9 Å². The van der Waals surface area contributed by atoms with Crippen molar-refractivity contribution in [2.75, 3.05) is 32.7 Å². The molecule has 0 radical (unpaired) electrons. The molecule has 0 aliphatic heterocycles. The summed E-state index contributed by atoms with van der Waals surface area (Å²) in [6.45, 7) is 5.12. The number of aldehydes is 1. The lowest BCUT2D eigenvalue weighted by Gasteiger charge is -2.24. The number of guanidine groups is 1. The average Bonchev–Trinajstić information content (AvgIpc) is 3.04. The summed E-state index contributed by atoms with van der Waals surface area (Å²) in [4.78, 5) is 56.9. The quantitative estimate of drug-likeness (QED) is 0.142. The van der Waals surface area contributed by atoms with Crippen LogP contribution in [0.4, 0.5) is 10.6 Å². The average molecular weight is 454 g/mol. The molecule has 0 spiro atoms. The fraction of sp³-hybridized carbons (Fsp3) is 0.556. The van der Waals surface area contributed by atoms with Crippen LogP contribution in [0, 0.1) is 0 Å². The van der Waals surface area contributed by atoms with Gasteiger partial charge in [-0.3, -0.25) is 14.4 Å². The lowest BCUT2D eigenvalue weighted by molar-refractivity contribution is -0.136. The third-order valence-corrected chi connectivity index (χ3v) is 3.69. The molecule has 32 heavy (non-hydrogen) atoms. The lowest BCUT2D eigenvalue weighted by atomic mass is 10.2. The Kier molecular flexibility index (Phi) is 10.1. The van der Waals surface area contributed by atoms with Crippen molar-refractivity contribution in [3.05, 3.63) is 12.0 Å². The number of nitrogens with two attached hydrogens (primary N) is 3. The number of carbonyl (C=O) groups is 4. The van der Waals surface area contributed by atoms with E-state index in [9.17, 15) is 19.2 Å². The Morgan fingerprint density at radius 2 is 1.94 bits per heavy atom. The molecule has 0 fully saturated rings. The molecule has 0 aliphatic carbocycles. The van der Waals surface area contributed by atoms with Gasteiger partial charge in [0, 0.05) is 26.2 Å². The predicted octanol–water partition coefficient (Wildman–Crippen LogP) is -1.97. The monoisotopic (exact) mass is 453 g/mol. The molecule has 0 bridgehead atoms. The summed E-state index contributed by atoms with van der Waals surface area (Å²) < 4.78 is 6.42. The standard InChI is InChI=1S/C18H31N9O5/c1-18(2,3)32-17(31)23-6-7-26(8-13(29)22-5-4-19)14(30)9-27-11-24-12(10-28)15(27)25-16(20)21/h10-11H,4-9,19H2,1-3H3,(H,22,29)(H,23,31)(H4,20,21,25). The van der Waals surface area contributed by atoms with Crippen molar-refractivity contribution in [3.8, 4) is 0 Å². The highest BCUT2D eigenvalue weighted by Gasteiger charge is 2.21. The maximum atomic E-state index is 12.9. The number of carbonyl (C=O) groups excluding carboxylic acids is 4. The highest BCUT2D eigenvalue weighted by Crippen LogP contribution is 2.16. The topological polar surface area (TPSA) is 213 Å². The molecule has 1 aromatic rings. The Morgan fingerprint density at radius 1 is 1.25 bits per heavy atom. The summed E-state index contributed by atoms with van der Waals surface area (Å²) in [6.07, 6.45) is 1.03. The van der Waals surface area contributed by atoms with E-state index in [1.807, 2.05) is 0 Å². The summed E-state index contributed by atoms with van der Waals surface area (Å²) in [7, 11) is 0. The number of ether oxygens (including phenoxy) is 1. The molecular weight excluding hydrogens is 422 g/mol. The maximum absolute atomic E-state index is 12.9. The Morgan fingerprint density at radius 3 is 2.50 bits per heavy atom. The van der Waals surface area contributed by atoms with E-state index in [1.54, 1.807) is 20.8 Å². The first-order valence-electron chi connectivity index (χ1n) is 9.78. The zero-order valence-electron chi connectivity index (χ0n) is 18.5. The van der Waals surface area contributed by atoms with Crippen molar-refractivity contribution in [1.82, 2.24) is 25.1 Å². The first-order chi connectivity index (χ1) is 15.0. The van der Waals surface area contributed by atoms with Crippen molar-refractivity contribution in [2.45, 2.75) is 32.9 Å². The summed E-state index contributed by atoms with van der Waals surface area (Å²) in [5.74, 6) is -1.24. The van der Waals surface area contributed by atoms with E-state index >= 15 is 0 Å². The van der Waals surface area contributed by atoms with Crippen LogP contribution >= 0.6 is 0 Å². The fourth-order valence-corrected chi connectivity index (χ4v) is 2.42. The summed E-state index contributed by atoms with van der Waals surface area (Å²) in [5, 5.41) is 5.10. The second kappa shape index (κ2) is 12.2. The number of amides is 3. The normalized spacial score (nSPS) is 10.8. The number of nitrogens with one attached hydrogen (secondary N) is 2. The van der Waals surface area contributed by atoms with Crippen LogP contribution in [0.2, 0.25) is 0 Å². The van der Waals surface area contributed by atoms with Crippen LogP contribution in [0.25, 0.3) is 0 Å². The molecule has 14 heteroatoms. The van der Waals surface area contributed by atoms with E-state index < -0.39 is 23.5 Å². The third-order valence-electron chi connectivity index (χ3n) is 3.69. The van der Waals surface area contributed by atoms with Crippen LogP contribution in [0.1, 0.15) is 31.3 Å². The molecule has 0 saturated carbocycles. The molecule has 1 aromatic heterocycles. The second-order valence-electron chi connectivity index (χ2n) is 7.62. The van der Waals surface area contributed by atoms with Gasteiger partial charge in [-0.15, -0.1) is 0 Å². The SMILES string of the molecule is CC(C)(C)OC(=O)NCCN(CC(=O)NCCN)C(=O)Cn1cnc(C=O)c1N=C(N)N. The number of imidazole rings is 1. The van der Waals surface area contributed by atoms with Gasteiger partial charge in [-0.1, -0.05) is 0 Å². The number of rotatable bonds is 11. The lowest BCUT2D eigenvalue weighted by Crippen LogP contribution is -2.46. The van der Waals surface area contributed by atoms with Gasteiger partial charge in [0.15, 0.2) is 18.1 Å². The van der Waals surface area contributed by atoms with Gasteiger partial charge in [-0.2, -0.15) is 4.99 Å². The first-order valence-corrected chi connectivity index (χ1v) is 9.78. The molecule has 8 N–H and O–H groups in total. The Labute approximate surface area is 185 Å². The molecule has 0 unspecified atom stereocenters. The molecule has 1 heterocycles. The van der Waals surface area contributed by atoms with Crippen molar-refractivity contribution in [2.24, 2.45) is 22.2 Å². The zero-order valence-corrected chi connectivity index (χ0v) is 18.5. The van der Waals surface area contributed by atoms with Gasteiger partial charge in [-0.05, 0) is 20.8 Å². The van der Waals surface area contributed by atoms with E-state index in [1.165, 1.54) is 15.8 Å². The summed E-state index contributed by atoms with van der Waals surface area (Å²) >= 11 is 0. The number of hydrogen-bond donors (Lipinski definition) is 5. The Balaban J connectivity index is 2.92. The summed E-state index contributed by atoms with van der Waals surface area (Å²) in [6, 6.07) is 0. The molecule has 178 valence electrons. The van der Waals surface area contributed by atoms with Crippen molar-refractivity contribution in [3.63, 3.8) is 0 Å². The molecule has 0 saturated heterocycles. The maximum Gasteiger partial charge on any atom is 0.407 e. The van der Waals surface area contributed by atoms with Crippen molar-refractivity contribution in [1.29, 1.82) is 0 Å². The minimum Gasteiger partial charge on any atom is -0.444 e. The van der Waals surface area contributed by atoms with E-state index in [-0.39, 0.29) is 56.7 Å². The van der Waals surface area contributed by atoms with Gasteiger partial charge >= 0.3 is 6.09 Å². The van der Waals surface area contributed by atoms with Crippen LogP contribution in [0.5, 0.6) is 0 Å². The minimum absolute atomic E-state index is 0.00719. The minimum atomic E-state index is -0.679. The van der Waals surface area contributed by atoms with Crippen LogP contribution in [-0.4, -0.2) is 82.9 Å². The highest BCUT2D eigenvalue weighted by molar-refractivity contribution is 5.87. The first kappa shape index (κ1) is 26.4. The predicted molar refractivity (Wildman–Crippen MR) is 116 cm³/mol. The van der Waals surface area contributed by atoms with Gasteiger partial charge < -0.3 is 42.0 Å². The largest absolute Gasteiger partial charge is 0.444 e. The van der Waals surface area contributed by atoms with Crippen LogP contribution < -0.4 is 27.8 Å². The van der Waals surface area contributed by atoms with Gasteiger partial charge in [0.25, 0.3) is 0 Å². The molecule has 3 amide bonds. The summed E-state index contributed by atoms with van der Waals surface area (Å²) in [5.41, 5.74) is 15.4.